The van der Waals surface area contributed by atoms with Gasteiger partial charge in [0.05, 0.1) is 18.6 Å². The van der Waals surface area contributed by atoms with Crippen LogP contribution in [0.3, 0.4) is 0 Å². The normalized spacial score (nSPS) is 13.4. The zero-order valence-corrected chi connectivity index (χ0v) is 21.0. The predicted octanol–water partition coefficient (Wildman–Crippen LogP) is 3.48. The van der Waals surface area contributed by atoms with E-state index in [1.54, 1.807) is 25.3 Å². The molecule has 2 aromatic carbocycles. The summed E-state index contributed by atoms with van der Waals surface area (Å²) in [5.41, 5.74) is 0.646. The molecule has 194 valence electrons. The minimum atomic E-state index is -1.08. The van der Waals surface area contributed by atoms with Crippen LogP contribution in [0.1, 0.15) is 44.7 Å². The second-order valence-corrected chi connectivity index (χ2v) is 9.67. The number of aromatic hydroxyl groups is 1. The van der Waals surface area contributed by atoms with Gasteiger partial charge < -0.3 is 33.9 Å². The van der Waals surface area contributed by atoms with Gasteiger partial charge in [-0.3, -0.25) is 9.59 Å². The van der Waals surface area contributed by atoms with Crippen LogP contribution in [-0.2, 0) is 14.9 Å². The van der Waals surface area contributed by atoms with Crippen molar-refractivity contribution in [1.29, 1.82) is 0 Å². The van der Waals surface area contributed by atoms with Gasteiger partial charge in [0.15, 0.2) is 5.76 Å². The van der Waals surface area contributed by atoms with Gasteiger partial charge >= 0.3 is 0 Å². The van der Waals surface area contributed by atoms with Crippen molar-refractivity contribution >= 4 is 17.4 Å². The van der Waals surface area contributed by atoms with Gasteiger partial charge in [-0.15, -0.1) is 0 Å². The third-order valence-corrected chi connectivity index (χ3v) is 5.79. The minimum Gasteiger partial charge on any atom is -0.508 e. The number of carbonyl (C=O) groups is 1. The first kappa shape index (κ1) is 27.2. The number of phenols is 1. The lowest BCUT2D eigenvalue weighted by Crippen LogP contribution is -2.22. The number of ether oxygens (including phenoxy) is 3. The van der Waals surface area contributed by atoms with Gasteiger partial charge in [-0.25, -0.2) is 0 Å². The average molecular weight is 501 g/mol. The van der Waals surface area contributed by atoms with E-state index in [0.717, 1.165) is 0 Å². The molecule has 0 aliphatic carbocycles. The number of aliphatic hydroxyl groups is 2. The molecule has 0 aliphatic rings. The molecule has 0 spiro atoms. The van der Waals surface area contributed by atoms with Crippen molar-refractivity contribution in [3.8, 4) is 28.6 Å². The molecule has 36 heavy (non-hydrogen) atoms. The number of fused-ring (bicyclic) bond motifs is 1. The van der Waals surface area contributed by atoms with Crippen molar-refractivity contribution in [1.82, 2.24) is 0 Å². The van der Waals surface area contributed by atoms with E-state index in [4.69, 9.17) is 23.7 Å². The first-order chi connectivity index (χ1) is 17.0. The van der Waals surface area contributed by atoms with Crippen LogP contribution in [0.2, 0.25) is 0 Å². The third kappa shape index (κ3) is 5.70. The molecule has 1 heterocycles. The maximum atomic E-state index is 13.6. The van der Waals surface area contributed by atoms with Crippen molar-refractivity contribution in [3.63, 3.8) is 0 Å². The van der Waals surface area contributed by atoms with Crippen molar-refractivity contribution in [2.75, 3.05) is 26.9 Å². The van der Waals surface area contributed by atoms with E-state index in [0.29, 0.717) is 29.0 Å². The van der Waals surface area contributed by atoms with Gasteiger partial charge in [0, 0.05) is 24.7 Å². The summed E-state index contributed by atoms with van der Waals surface area (Å²) in [5, 5.41) is 29.6. The Hall–Kier alpha value is -3.40. The Morgan fingerprint density at radius 2 is 1.86 bits per heavy atom. The monoisotopic (exact) mass is 500 g/mol. The average Bonchev–Trinajstić information content (AvgIpc) is 2.83. The van der Waals surface area contributed by atoms with Crippen LogP contribution in [0, 0.1) is 0 Å². The second-order valence-electron chi connectivity index (χ2n) is 9.67. The summed E-state index contributed by atoms with van der Waals surface area (Å²) in [6, 6.07) is 7.95. The highest BCUT2D eigenvalue weighted by Crippen LogP contribution is 2.39. The Balaban J connectivity index is 2.27. The highest BCUT2D eigenvalue weighted by atomic mass is 16.5. The number of aliphatic hydroxyl groups excluding tert-OH is 2. The molecule has 2 atom stereocenters. The lowest BCUT2D eigenvalue weighted by molar-refractivity contribution is -0.120. The van der Waals surface area contributed by atoms with Crippen LogP contribution < -0.4 is 14.9 Å². The van der Waals surface area contributed by atoms with Crippen molar-refractivity contribution in [2.24, 2.45) is 0 Å². The van der Waals surface area contributed by atoms with Crippen LogP contribution >= 0.6 is 0 Å². The van der Waals surface area contributed by atoms with Crippen molar-refractivity contribution in [3.05, 3.63) is 51.7 Å². The van der Waals surface area contributed by atoms with Gasteiger partial charge in [0.1, 0.15) is 29.8 Å². The first-order valence-electron chi connectivity index (χ1n) is 11.5. The fraction of sp³-hybridized carbons (Fsp3) is 0.407. The van der Waals surface area contributed by atoms with Crippen molar-refractivity contribution in [2.45, 2.75) is 45.1 Å². The van der Waals surface area contributed by atoms with E-state index < -0.39 is 23.6 Å². The van der Waals surface area contributed by atoms with E-state index >= 15 is 0 Å². The molecule has 0 saturated carbocycles. The zero-order chi connectivity index (χ0) is 26.6. The van der Waals surface area contributed by atoms with Gasteiger partial charge in [-0.2, -0.15) is 0 Å². The van der Waals surface area contributed by atoms with Gasteiger partial charge in [0.2, 0.25) is 11.2 Å². The van der Waals surface area contributed by atoms with E-state index in [1.807, 2.05) is 27.7 Å². The highest BCUT2D eigenvalue weighted by Gasteiger charge is 2.26. The Labute approximate surface area is 208 Å². The topological polar surface area (TPSA) is 136 Å². The molecule has 0 saturated heterocycles. The summed E-state index contributed by atoms with van der Waals surface area (Å²) in [6.07, 6.45) is -1.08. The molecule has 3 rings (SSSR count). The number of hydrogen-bond donors (Lipinski definition) is 3. The number of hydrogen-bond acceptors (Lipinski definition) is 9. The summed E-state index contributed by atoms with van der Waals surface area (Å²) in [4.78, 5) is 24.9. The predicted molar refractivity (Wildman–Crippen MR) is 134 cm³/mol. The molecule has 0 aliphatic heterocycles. The number of methoxy groups -OCH3 is 1. The lowest BCUT2D eigenvalue weighted by atomic mass is 9.84. The first-order valence-corrected chi connectivity index (χ1v) is 11.5. The zero-order valence-electron chi connectivity index (χ0n) is 21.0. The smallest absolute Gasteiger partial charge is 0.298 e. The number of rotatable bonds is 10. The molecule has 1 aromatic heterocycles. The van der Waals surface area contributed by atoms with Crippen LogP contribution in [-0.4, -0.2) is 54.8 Å². The molecule has 0 amide bonds. The SMILES string of the molecule is COC[C@@H](C)c1ccc(-c2oc3cc(OC[C@H](O)CO)cc(C(C)(C)C)c3c(=O)c2OC=O)cc1O. The van der Waals surface area contributed by atoms with Crippen LogP contribution in [0.15, 0.2) is 39.5 Å². The molecule has 9 nitrogen and oxygen atoms in total. The van der Waals surface area contributed by atoms with E-state index in [-0.39, 0.29) is 47.2 Å². The maximum Gasteiger partial charge on any atom is 0.298 e. The number of carbonyl (C=O) groups excluding carboxylic acids is 1. The van der Waals surface area contributed by atoms with Crippen LogP contribution in [0.25, 0.3) is 22.3 Å². The Morgan fingerprint density at radius 3 is 2.44 bits per heavy atom. The number of phenolic OH excluding ortho intramolecular Hbond substituents is 1. The summed E-state index contributed by atoms with van der Waals surface area (Å²) < 4.78 is 22.0. The lowest BCUT2D eigenvalue weighted by Gasteiger charge is -2.23. The van der Waals surface area contributed by atoms with E-state index in [9.17, 15) is 19.8 Å². The quantitative estimate of drug-likeness (QED) is 0.358. The highest BCUT2D eigenvalue weighted by molar-refractivity contribution is 5.87. The van der Waals surface area contributed by atoms with Crippen LogP contribution in [0.5, 0.6) is 17.2 Å². The molecule has 0 radical (unpaired) electrons. The summed E-state index contributed by atoms with van der Waals surface area (Å²) in [5.74, 6) is -0.119. The largest absolute Gasteiger partial charge is 0.508 e. The molecule has 9 heteroatoms. The second kappa shape index (κ2) is 11.1. The summed E-state index contributed by atoms with van der Waals surface area (Å²) in [7, 11) is 1.57. The Kier molecular flexibility index (Phi) is 8.39. The molecular formula is C27H32O9. The molecule has 3 aromatic rings. The van der Waals surface area contributed by atoms with Gasteiger partial charge in [0.25, 0.3) is 6.47 Å². The third-order valence-electron chi connectivity index (χ3n) is 5.79. The maximum absolute atomic E-state index is 13.6. The molecule has 0 fully saturated rings. The molecule has 3 N–H and O–H groups in total. The molecule has 0 bridgehead atoms. The van der Waals surface area contributed by atoms with Crippen LogP contribution in [0.4, 0.5) is 0 Å². The molecule has 0 unspecified atom stereocenters. The van der Waals surface area contributed by atoms with Gasteiger partial charge in [-0.1, -0.05) is 39.8 Å². The Bertz CT molecular complexity index is 1290. The summed E-state index contributed by atoms with van der Waals surface area (Å²) in [6.45, 7) is 7.54. The van der Waals surface area contributed by atoms with Gasteiger partial charge in [-0.05, 0) is 28.7 Å². The Morgan fingerprint density at radius 1 is 1.14 bits per heavy atom. The minimum absolute atomic E-state index is 0.0256. The number of benzene rings is 2. The van der Waals surface area contributed by atoms with E-state index in [2.05, 4.69) is 0 Å². The summed E-state index contributed by atoms with van der Waals surface area (Å²) >= 11 is 0. The standard InChI is InChI=1S/C27H32O9/c1-15(12-33-5)19-7-6-16(8-21(19)31)25-26(35-14-29)24(32)23-20(27(2,3)4)9-18(10-22(23)36-25)34-13-17(30)11-28/h6-10,14-15,17,28,30-31H,11-13H2,1-5H3/t15-,17-/m1/s1. The van der Waals surface area contributed by atoms with Crippen molar-refractivity contribution < 1.29 is 38.7 Å². The van der Waals surface area contributed by atoms with E-state index in [1.165, 1.54) is 12.1 Å². The fourth-order valence-corrected chi connectivity index (χ4v) is 3.98. The fourth-order valence-electron chi connectivity index (χ4n) is 3.98. The molecular weight excluding hydrogens is 468 g/mol.